The number of nitrogens with two attached hydrogens (primary N) is 1. The smallest absolute Gasteiger partial charge is 0.219 e. The molecule has 0 unspecified atom stereocenters. The second kappa shape index (κ2) is 4.41. The first kappa shape index (κ1) is 10.8. The van der Waals surface area contributed by atoms with Gasteiger partial charge in [0.15, 0.2) is 0 Å². The van der Waals surface area contributed by atoms with Gasteiger partial charge in [-0.1, -0.05) is 17.7 Å². The number of hydrogen-bond donors (Lipinski definition) is 1. The van der Waals surface area contributed by atoms with E-state index in [0.29, 0.717) is 22.3 Å². The third-order valence-electron chi connectivity index (χ3n) is 2.08. The van der Waals surface area contributed by atoms with Crippen LogP contribution in [-0.2, 0) is 0 Å². The van der Waals surface area contributed by atoms with E-state index >= 15 is 0 Å². The van der Waals surface area contributed by atoms with Crippen molar-refractivity contribution in [2.45, 2.75) is 6.92 Å². The van der Waals surface area contributed by atoms with Crippen molar-refractivity contribution in [3.8, 4) is 11.6 Å². The van der Waals surface area contributed by atoms with Crippen molar-refractivity contribution in [3.63, 3.8) is 0 Å². The summed E-state index contributed by atoms with van der Waals surface area (Å²) in [6, 6.07) is 8.86. The lowest BCUT2D eigenvalue weighted by molar-refractivity contribution is 0.463. The molecule has 1 aromatic carbocycles. The first-order valence-electron chi connectivity index (χ1n) is 4.81. The Morgan fingerprint density at radius 2 is 2.06 bits per heavy atom. The number of nitrogens with zero attached hydrogens (tertiary/aromatic N) is 1. The Balaban J connectivity index is 2.20. The molecule has 0 aliphatic rings. The van der Waals surface area contributed by atoms with Crippen LogP contribution in [0.5, 0.6) is 11.6 Å². The molecule has 16 heavy (non-hydrogen) atoms. The molecule has 0 spiro atoms. The standard InChI is InChI=1S/C12H11ClN2O/c1-8-2-5-12(15-7-8)16-9-3-4-11(14)10(13)6-9/h2-7H,14H2,1H3. The van der Waals surface area contributed by atoms with E-state index in [1.165, 1.54) is 0 Å². The van der Waals surface area contributed by atoms with Gasteiger partial charge in [-0.25, -0.2) is 4.98 Å². The summed E-state index contributed by atoms with van der Waals surface area (Å²) in [6.07, 6.45) is 1.74. The summed E-state index contributed by atoms with van der Waals surface area (Å²) < 4.78 is 5.52. The molecule has 82 valence electrons. The minimum Gasteiger partial charge on any atom is -0.439 e. The van der Waals surface area contributed by atoms with Gasteiger partial charge in [0, 0.05) is 18.3 Å². The summed E-state index contributed by atoms with van der Waals surface area (Å²) >= 11 is 5.88. The summed E-state index contributed by atoms with van der Waals surface area (Å²) in [7, 11) is 0. The third kappa shape index (κ3) is 2.44. The van der Waals surface area contributed by atoms with Crippen LogP contribution >= 0.6 is 11.6 Å². The van der Waals surface area contributed by atoms with Gasteiger partial charge in [-0.2, -0.15) is 0 Å². The summed E-state index contributed by atoms with van der Waals surface area (Å²) in [5.74, 6) is 1.15. The van der Waals surface area contributed by atoms with Gasteiger partial charge in [-0.05, 0) is 24.6 Å². The normalized spacial score (nSPS) is 10.1. The van der Waals surface area contributed by atoms with Gasteiger partial charge < -0.3 is 10.5 Å². The van der Waals surface area contributed by atoms with Crippen LogP contribution in [0.1, 0.15) is 5.56 Å². The Kier molecular flexibility index (Phi) is 2.97. The molecular formula is C12H11ClN2O. The zero-order valence-corrected chi connectivity index (χ0v) is 9.53. The largest absolute Gasteiger partial charge is 0.439 e. The summed E-state index contributed by atoms with van der Waals surface area (Å²) in [5, 5.41) is 0.476. The van der Waals surface area contributed by atoms with Crippen LogP contribution in [0, 0.1) is 6.92 Å². The zero-order valence-electron chi connectivity index (χ0n) is 8.77. The van der Waals surface area contributed by atoms with E-state index in [2.05, 4.69) is 4.98 Å². The lowest BCUT2D eigenvalue weighted by Gasteiger charge is -2.06. The summed E-state index contributed by atoms with van der Waals surface area (Å²) in [5.41, 5.74) is 7.22. The number of benzene rings is 1. The average molecular weight is 235 g/mol. The highest BCUT2D eigenvalue weighted by Gasteiger charge is 2.01. The Morgan fingerprint density at radius 1 is 1.25 bits per heavy atom. The molecule has 0 aliphatic carbocycles. The highest BCUT2D eigenvalue weighted by molar-refractivity contribution is 6.33. The molecule has 1 heterocycles. The lowest BCUT2D eigenvalue weighted by atomic mass is 10.3. The maximum absolute atomic E-state index is 5.88. The van der Waals surface area contributed by atoms with Gasteiger partial charge in [-0.15, -0.1) is 0 Å². The van der Waals surface area contributed by atoms with Crippen LogP contribution in [0.2, 0.25) is 5.02 Å². The highest BCUT2D eigenvalue weighted by Crippen LogP contribution is 2.27. The topological polar surface area (TPSA) is 48.1 Å². The Morgan fingerprint density at radius 3 is 2.69 bits per heavy atom. The molecule has 0 saturated carbocycles. The number of rotatable bonds is 2. The zero-order chi connectivity index (χ0) is 11.5. The van der Waals surface area contributed by atoms with Crippen LogP contribution in [-0.4, -0.2) is 4.98 Å². The molecule has 2 rings (SSSR count). The first-order chi connectivity index (χ1) is 7.65. The SMILES string of the molecule is Cc1ccc(Oc2ccc(N)c(Cl)c2)nc1. The van der Waals surface area contributed by atoms with Crippen molar-refractivity contribution in [2.24, 2.45) is 0 Å². The monoisotopic (exact) mass is 234 g/mol. The van der Waals surface area contributed by atoms with E-state index in [0.717, 1.165) is 5.56 Å². The number of pyridine rings is 1. The predicted octanol–water partition coefficient (Wildman–Crippen LogP) is 3.42. The number of ether oxygens (including phenoxy) is 1. The summed E-state index contributed by atoms with van der Waals surface area (Å²) in [6.45, 7) is 1.97. The average Bonchev–Trinajstić information content (AvgIpc) is 2.27. The van der Waals surface area contributed by atoms with Crippen molar-refractivity contribution >= 4 is 17.3 Å². The quantitative estimate of drug-likeness (QED) is 0.810. The maximum atomic E-state index is 5.88. The summed E-state index contributed by atoms with van der Waals surface area (Å²) in [4.78, 5) is 4.13. The fraction of sp³-hybridized carbons (Fsp3) is 0.0833. The number of nitrogen functional groups attached to an aromatic ring is 1. The number of aryl methyl sites for hydroxylation is 1. The molecule has 3 nitrogen and oxygen atoms in total. The minimum atomic E-state index is 0.476. The minimum absolute atomic E-state index is 0.476. The van der Waals surface area contributed by atoms with Crippen LogP contribution in [0.25, 0.3) is 0 Å². The molecule has 4 heteroatoms. The van der Waals surface area contributed by atoms with E-state index in [1.54, 1.807) is 30.5 Å². The van der Waals surface area contributed by atoms with Crippen molar-refractivity contribution in [1.29, 1.82) is 0 Å². The molecule has 0 atom stereocenters. The molecule has 2 N–H and O–H groups in total. The van der Waals surface area contributed by atoms with Gasteiger partial charge in [-0.3, -0.25) is 0 Å². The number of hydrogen-bond acceptors (Lipinski definition) is 3. The van der Waals surface area contributed by atoms with Gasteiger partial charge in [0.25, 0.3) is 0 Å². The molecule has 0 amide bonds. The van der Waals surface area contributed by atoms with Crippen molar-refractivity contribution in [3.05, 3.63) is 47.1 Å². The van der Waals surface area contributed by atoms with Crippen LogP contribution in [0.4, 0.5) is 5.69 Å². The van der Waals surface area contributed by atoms with E-state index in [-0.39, 0.29) is 0 Å². The molecule has 0 saturated heterocycles. The maximum Gasteiger partial charge on any atom is 0.219 e. The Hall–Kier alpha value is -1.74. The number of anilines is 1. The van der Waals surface area contributed by atoms with Crippen LogP contribution < -0.4 is 10.5 Å². The van der Waals surface area contributed by atoms with Gasteiger partial charge >= 0.3 is 0 Å². The van der Waals surface area contributed by atoms with Crippen molar-refractivity contribution in [2.75, 3.05) is 5.73 Å². The van der Waals surface area contributed by atoms with E-state index in [1.807, 2.05) is 13.0 Å². The van der Waals surface area contributed by atoms with Crippen LogP contribution in [0.15, 0.2) is 36.5 Å². The van der Waals surface area contributed by atoms with Gasteiger partial charge in [0.1, 0.15) is 5.75 Å². The molecule has 0 radical (unpaired) electrons. The van der Waals surface area contributed by atoms with Crippen molar-refractivity contribution in [1.82, 2.24) is 4.98 Å². The van der Waals surface area contributed by atoms with E-state index in [9.17, 15) is 0 Å². The Labute approximate surface area is 98.8 Å². The predicted molar refractivity (Wildman–Crippen MR) is 64.9 cm³/mol. The Bertz CT molecular complexity index is 497. The van der Waals surface area contributed by atoms with Crippen molar-refractivity contribution < 1.29 is 4.74 Å². The number of halogens is 1. The molecule has 1 aromatic heterocycles. The highest BCUT2D eigenvalue weighted by atomic mass is 35.5. The fourth-order valence-corrected chi connectivity index (χ4v) is 1.38. The molecule has 0 aliphatic heterocycles. The lowest BCUT2D eigenvalue weighted by Crippen LogP contribution is -1.90. The molecule has 2 aromatic rings. The third-order valence-corrected chi connectivity index (χ3v) is 2.41. The van der Waals surface area contributed by atoms with E-state index in [4.69, 9.17) is 22.1 Å². The first-order valence-corrected chi connectivity index (χ1v) is 5.18. The molecular weight excluding hydrogens is 224 g/mol. The second-order valence-corrected chi connectivity index (χ2v) is 3.87. The van der Waals surface area contributed by atoms with Gasteiger partial charge in [0.05, 0.1) is 10.7 Å². The number of aromatic nitrogens is 1. The molecule has 0 fully saturated rings. The second-order valence-electron chi connectivity index (χ2n) is 3.46. The van der Waals surface area contributed by atoms with Crippen LogP contribution in [0.3, 0.4) is 0 Å². The van der Waals surface area contributed by atoms with E-state index < -0.39 is 0 Å². The fourth-order valence-electron chi connectivity index (χ4n) is 1.21. The molecule has 0 bridgehead atoms. The van der Waals surface area contributed by atoms with Gasteiger partial charge in [0.2, 0.25) is 5.88 Å².